The highest BCUT2D eigenvalue weighted by Gasteiger charge is 2.42. The summed E-state index contributed by atoms with van der Waals surface area (Å²) in [7, 11) is 0. The molecule has 0 spiro atoms. The van der Waals surface area contributed by atoms with Gasteiger partial charge in [-0.05, 0) is 32.1 Å². The van der Waals surface area contributed by atoms with E-state index in [1.54, 1.807) is 0 Å². The van der Waals surface area contributed by atoms with Crippen molar-refractivity contribution in [2.45, 2.75) is 30.9 Å². The third kappa shape index (κ3) is 3.17. The van der Waals surface area contributed by atoms with Crippen LogP contribution in [0.1, 0.15) is 26.2 Å². The Bertz CT molecular complexity index is 204. The second-order valence-corrected chi connectivity index (χ2v) is 5.36. The number of rotatable bonds is 6. The van der Waals surface area contributed by atoms with E-state index >= 15 is 0 Å². The smallest absolute Gasteiger partial charge is 0.222 e. The van der Waals surface area contributed by atoms with E-state index in [-0.39, 0.29) is 11.8 Å². The van der Waals surface area contributed by atoms with Gasteiger partial charge in [-0.15, -0.1) is 0 Å². The number of hydrogen-bond donors (Lipinski definition) is 2. The highest BCUT2D eigenvalue weighted by molar-refractivity contribution is 8.00. The summed E-state index contributed by atoms with van der Waals surface area (Å²) >= 11 is 1.87. The second-order valence-electron chi connectivity index (χ2n) is 4.08. The highest BCUT2D eigenvalue weighted by Crippen LogP contribution is 2.46. The van der Waals surface area contributed by atoms with E-state index in [0.29, 0.717) is 11.3 Å². The lowest BCUT2D eigenvalue weighted by atomic mass is 10.1. The number of carbonyl (C=O) groups excluding carboxylic acids is 1. The van der Waals surface area contributed by atoms with Gasteiger partial charge in [0.2, 0.25) is 5.91 Å². The summed E-state index contributed by atoms with van der Waals surface area (Å²) in [4.78, 5) is 11.5. The van der Waals surface area contributed by atoms with E-state index in [1.807, 2.05) is 18.7 Å². The first-order valence-corrected chi connectivity index (χ1v) is 6.39. The van der Waals surface area contributed by atoms with E-state index in [1.165, 1.54) is 12.8 Å². The van der Waals surface area contributed by atoms with Crippen LogP contribution in [0, 0.1) is 5.92 Å². The number of nitrogens with one attached hydrogen (secondary N) is 1. The van der Waals surface area contributed by atoms with Crippen LogP contribution in [0.25, 0.3) is 0 Å². The Morgan fingerprint density at radius 3 is 2.71 bits per heavy atom. The van der Waals surface area contributed by atoms with Crippen molar-refractivity contribution < 1.29 is 4.79 Å². The SMILES string of the molecule is CSC1(CNC(=O)C(C)CCN)CC1. The van der Waals surface area contributed by atoms with Crippen LogP contribution in [0.2, 0.25) is 0 Å². The van der Waals surface area contributed by atoms with Gasteiger partial charge in [0.15, 0.2) is 0 Å². The van der Waals surface area contributed by atoms with E-state index in [9.17, 15) is 4.79 Å². The molecule has 1 atom stereocenters. The Balaban J connectivity index is 2.20. The molecule has 1 aliphatic carbocycles. The van der Waals surface area contributed by atoms with Gasteiger partial charge >= 0.3 is 0 Å². The fourth-order valence-electron chi connectivity index (χ4n) is 1.40. The van der Waals surface area contributed by atoms with Crippen molar-refractivity contribution in [3.05, 3.63) is 0 Å². The molecule has 0 radical (unpaired) electrons. The summed E-state index contributed by atoms with van der Waals surface area (Å²) in [5, 5.41) is 3.01. The van der Waals surface area contributed by atoms with Crippen LogP contribution in [0.5, 0.6) is 0 Å². The maximum Gasteiger partial charge on any atom is 0.222 e. The molecule has 0 heterocycles. The maximum atomic E-state index is 11.5. The number of nitrogens with two attached hydrogens (primary N) is 1. The molecule has 82 valence electrons. The Morgan fingerprint density at radius 1 is 1.64 bits per heavy atom. The van der Waals surface area contributed by atoms with E-state index in [2.05, 4.69) is 11.6 Å². The van der Waals surface area contributed by atoms with Gasteiger partial charge in [0.25, 0.3) is 0 Å². The second kappa shape index (κ2) is 5.03. The monoisotopic (exact) mass is 216 g/mol. The van der Waals surface area contributed by atoms with Crippen molar-refractivity contribution in [1.29, 1.82) is 0 Å². The summed E-state index contributed by atoms with van der Waals surface area (Å²) < 4.78 is 0.359. The zero-order valence-electron chi connectivity index (χ0n) is 9.01. The van der Waals surface area contributed by atoms with Crippen molar-refractivity contribution >= 4 is 17.7 Å². The maximum absolute atomic E-state index is 11.5. The average Bonchev–Trinajstić information content (AvgIpc) is 2.95. The summed E-state index contributed by atoms with van der Waals surface area (Å²) in [5.41, 5.74) is 5.40. The van der Waals surface area contributed by atoms with E-state index in [4.69, 9.17) is 5.73 Å². The largest absolute Gasteiger partial charge is 0.354 e. The van der Waals surface area contributed by atoms with Gasteiger partial charge in [-0.25, -0.2) is 0 Å². The van der Waals surface area contributed by atoms with Crippen LogP contribution in [0.4, 0.5) is 0 Å². The highest BCUT2D eigenvalue weighted by atomic mass is 32.2. The number of hydrogen-bond acceptors (Lipinski definition) is 3. The quantitative estimate of drug-likeness (QED) is 0.696. The van der Waals surface area contributed by atoms with Crippen LogP contribution in [-0.2, 0) is 4.79 Å². The van der Waals surface area contributed by atoms with Crippen molar-refractivity contribution in [3.8, 4) is 0 Å². The molecule has 1 unspecified atom stereocenters. The molecule has 1 rings (SSSR count). The molecule has 1 saturated carbocycles. The normalized spacial score (nSPS) is 20.2. The third-order valence-corrected chi connectivity index (χ3v) is 4.29. The Morgan fingerprint density at radius 2 is 2.29 bits per heavy atom. The molecule has 1 amide bonds. The fourth-order valence-corrected chi connectivity index (χ4v) is 2.12. The number of carbonyl (C=O) groups is 1. The van der Waals surface area contributed by atoms with Crippen LogP contribution < -0.4 is 11.1 Å². The molecule has 0 aromatic heterocycles. The topological polar surface area (TPSA) is 55.1 Å². The first-order valence-electron chi connectivity index (χ1n) is 5.16. The molecule has 14 heavy (non-hydrogen) atoms. The molecule has 3 nitrogen and oxygen atoms in total. The van der Waals surface area contributed by atoms with Crippen molar-refractivity contribution in [2.24, 2.45) is 11.7 Å². The minimum Gasteiger partial charge on any atom is -0.354 e. The standard InChI is InChI=1S/C10H20N2OS/c1-8(3-6-11)9(13)12-7-10(14-2)4-5-10/h8H,3-7,11H2,1-2H3,(H,12,13). The number of amides is 1. The first kappa shape index (κ1) is 11.9. The zero-order valence-corrected chi connectivity index (χ0v) is 9.82. The van der Waals surface area contributed by atoms with Gasteiger partial charge in [0.05, 0.1) is 0 Å². The third-order valence-electron chi connectivity index (χ3n) is 2.87. The summed E-state index contributed by atoms with van der Waals surface area (Å²) in [5.74, 6) is 0.202. The van der Waals surface area contributed by atoms with Crippen LogP contribution in [0.3, 0.4) is 0 Å². The summed E-state index contributed by atoms with van der Waals surface area (Å²) in [6.45, 7) is 3.34. The van der Waals surface area contributed by atoms with Gasteiger partial charge in [-0.1, -0.05) is 6.92 Å². The van der Waals surface area contributed by atoms with Crippen LogP contribution >= 0.6 is 11.8 Å². The molecular weight excluding hydrogens is 196 g/mol. The van der Waals surface area contributed by atoms with Crippen molar-refractivity contribution in [1.82, 2.24) is 5.32 Å². The van der Waals surface area contributed by atoms with Crippen LogP contribution in [-0.4, -0.2) is 30.0 Å². The molecule has 0 saturated heterocycles. The molecule has 1 fully saturated rings. The van der Waals surface area contributed by atoms with Gasteiger partial charge in [-0.2, -0.15) is 11.8 Å². The van der Waals surface area contributed by atoms with Gasteiger partial charge in [0.1, 0.15) is 0 Å². The molecule has 0 aromatic rings. The molecule has 0 bridgehead atoms. The number of thioether (sulfide) groups is 1. The predicted molar refractivity (Wildman–Crippen MR) is 61.3 cm³/mol. The lowest BCUT2D eigenvalue weighted by molar-refractivity contribution is -0.124. The zero-order chi connectivity index (χ0) is 10.6. The minimum atomic E-state index is 0.0534. The van der Waals surface area contributed by atoms with Crippen molar-refractivity contribution in [2.75, 3.05) is 19.3 Å². The van der Waals surface area contributed by atoms with Gasteiger partial charge < -0.3 is 11.1 Å². The molecule has 3 N–H and O–H groups in total. The predicted octanol–water partition coefficient (Wildman–Crippen LogP) is 0.983. The Labute approximate surface area is 90.2 Å². The van der Waals surface area contributed by atoms with E-state index in [0.717, 1.165) is 13.0 Å². The summed E-state index contributed by atoms with van der Waals surface area (Å²) in [6.07, 6.45) is 5.36. The molecule has 0 aromatic carbocycles. The molecule has 0 aliphatic heterocycles. The molecule has 1 aliphatic rings. The molecule has 4 heteroatoms. The van der Waals surface area contributed by atoms with Crippen molar-refractivity contribution in [3.63, 3.8) is 0 Å². The summed E-state index contributed by atoms with van der Waals surface area (Å²) in [6, 6.07) is 0. The molecular formula is C10H20N2OS. The lowest BCUT2D eigenvalue weighted by Crippen LogP contribution is -2.35. The lowest BCUT2D eigenvalue weighted by Gasteiger charge is -2.15. The average molecular weight is 216 g/mol. The first-order chi connectivity index (χ1) is 6.63. The van der Waals surface area contributed by atoms with Gasteiger partial charge in [-0.3, -0.25) is 4.79 Å². The Hall–Kier alpha value is -0.220. The van der Waals surface area contributed by atoms with Gasteiger partial charge in [0, 0.05) is 17.2 Å². The Kier molecular flexibility index (Phi) is 4.26. The minimum absolute atomic E-state index is 0.0534. The van der Waals surface area contributed by atoms with Crippen LogP contribution in [0.15, 0.2) is 0 Å². The fraction of sp³-hybridized carbons (Fsp3) is 0.900. The van der Waals surface area contributed by atoms with E-state index < -0.39 is 0 Å².